The SMILES string of the molecule is C[C@H](Oc1ccc(N(C)S(C)(=O)=O)cc1)C(=O)NCCOc1ccccc1Cl. The van der Waals surface area contributed by atoms with Gasteiger partial charge in [-0.25, -0.2) is 8.42 Å². The number of carbonyl (C=O) groups is 1. The van der Waals surface area contributed by atoms with Gasteiger partial charge in [-0.1, -0.05) is 23.7 Å². The van der Waals surface area contributed by atoms with Crippen molar-refractivity contribution < 1.29 is 22.7 Å². The highest BCUT2D eigenvalue weighted by molar-refractivity contribution is 7.92. The zero-order valence-corrected chi connectivity index (χ0v) is 17.5. The van der Waals surface area contributed by atoms with Crippen LogP contribution in [0.3, 0.4) is 0 Å². The molecule has 2 aromatic carbocycles. The van der Waals surface area contributed by atoms with E-state index in [1.165, 1.54) is 7.05 Å². The molecule has 28 heavy (non-hydrogen) atoms. The molecular formula is C19H23ClN2O5S. The number of hydrogen-bond donors (Lipinski definition) is 1. The van der Waals surface area contributed by atoms with Gasteiger partial charge >= 0.3 is 0 Å². The zero-order chi connectivity index (χ0) is 20.7. The Bertz CT molecular complexity index is 903. The molecule has 1 N–H and O–H groups in total. The molecule has 2 aromatic rings. The third-order valence-electron chi connectivity index (χ3n) is 3.88. The Hall–Kier alpha value is -2.45. The third kappa shape index (κ3) is 6.31. The second-order valence-electron chi connectivity index (χ2n) is 6.05. The fraction of sp³-hybridized carbons (Fsp3) is 0.316. The van der Waals surface area contributed by atoms with Gasteiger partial charge in [0, 0.05) is 7.05 Å². The number of carbonyl (C=O) groups excluding carboxylic acids is 1. The highest BCUT2D eigenvalue weighted by Gasteiger charge is 2.15. The molecule has 0 spiro atoms. The highest BCUT2D eigenvalue weighted by Crippen LogP contribution is 2.23. The van der Waals surface area contributed by atoms with Gasteiger partial charge in [0.05, 0.1) is 23.5 Å². The van der Waals surface area contributed by atoms with E-state index < -0.39 is 16.1 Å². The van der Waals surface area contributed by atoms with Crippen LogP contribution in [-0.2, 0) is 14.8 Å². The van der Waals surface area contributed by atoms with Gasteiger partial charge in [-0.15, -0.1) is 0 Å². The van der Waals surface area contributed by atoms with E-state index in [1.807, 2.05) is 12.1 Å². The molecule has 0 unspecified atom stereocenters. The summed E-state index contributed by atoms with van der Waals surface area (Å²) in [7, 11) is -1.87. The van der Waals surface area contributed by atoms with Gasteiger partial charge in [0.2, 0.25) is 10.0 Å². The molecule has 7 nitrogen and oxygen atoms in total. The van der Waals surface area contributed by atoms with E-state index in [0.29, 0.717) is 28.8 Å². The van der Waals surface area contributed by atoms with E-state index in [0.717, 1.165) is 10.6 Å². The van der Waals surface area contributed by atoms with E-state index in [1.54, 1.807) is 43.3 Å². The Kier molecular flexibility index (Phi) is 7.53. The Labute approximate surface area is 170 Å². The maximum absolute atomic E-state index is 12.1. The summed E-state index contributed by atoms with van der Waals surface area (Å²) in [5, 5.41) is 3.23. The Morgan fingerprint density at radius 3 is 2.43 bits per heavy atom. The molecule has 0 saturated heterocycles. The molecule has 2 rings (SSSR count). The number of amides is 1. The predicted octanol–water partition coefficient (Wildman–Crippen LogP) is 2.70. The van der Waals surface area contributed by atoms with Crippen molar-refractivity contribution in [3.8, 4) is 11.5 Å². The van der Waals surface area contributed by atoms with Crippen LogP contribution in [0.4, 0.5) is 5.69 Å². The van der Waals surface area contributed by atoms with Crippen molar-refractivity contribution in [1.29, 1.82) is 0 Å². The average Bonchev–Trinajstić information content (AvgIpc) is 2.65. The second-order valence-corrected chi connectivity index (χ2v) is 8.48. The van der Waals surface area contributed by atoms with E-state index in [4.69, 9.17) is 21.1 Å². The lowest BCUT2D eigenvalue weighted by atomic mass is 10.3. The van der Waals surface area contributed by atoms with E-state index in [2.05, 4.69) is 5.32 Å². The van der Waals surface area contributed by atoms with Crippen molar-refractivity contribution in [2.75, 3.05) is 30.8 Å². The van der Waals surface area contributed by atoms with Gasteiger partial charge in [0.25, 0.3) is 5.91 Å². The lowest BCUT2D eigenvalue weighted by molar-refractivity contribution is -0.127. The second kappa shape index (κ2) is 9.66. The van der Waals surface area contributed by atoms with Gasteiger partial charge in [0.1, 0.15) is 18.1 Å². The Morgan fingerprint density at radius 2 is 1.82 bits per heavy atom. The molecule has 0 aromatic heterocycles. The molecular weight excluding hydrogens is 404 g/mol. The summed E-state index contributed by atoms with van der Waals surface area (Å²) in [5.41, 5.74) is 0.503. The zero-order valence-electron chi connectivity index (χ0n) is 15.9. The van der Waals surface area contributed by atoms with E-state index in [-0.39, 0.29) is 12.5 Å². The van der Waals surface area contributed by atoms with Crippen molar-refractivity contribution in [3.05, 3.63) is 53.6 Å². The van der Waals surface area contributed by atoms with E-state index >= 15 is 0 Å². The number of benzene rings is 2. The molecule has 0 heterocycles. The van der Waals surface area contributed by atoms with Crippen LogP contribution in [0.15, 0.2) is 48.5 Å². The lowest BCUT2D eigenvalue weighted by Crippen LogP contribution is -2.38. The minimum atomic E-state index is -3.33. The molecule has 9 heteroatoms. The van der Waals surface area contributed by atoms with Gasteiger partial charge in [-0.3, -0.25) is 9.10 Å². The van der Waals surface area contributed by atoms with Crippen molar-refractivity contribution in [2.45, 2.75) is 13.0 Å². The summed E-state index contributed by atoms with van der Waals surface area (Å²) in [4.78, 5) is 12.1. The quantitative estimate of drug-likeness (QED) is 0.623. The first kappa shape index (κ1) is 21.8. The average molecular weight is 427 g/mol. The molecule has 0 saturated carbocycles. The number of sulfonamides is 1. The summed E-state index contributed by atoms with van der Waals surface area (Å²) in [6.07, 6.45) is 0.401. The maximum Gasteiger partial charge on any atom is 0.260 e. The topological polar surface area (TPSA) is 84.9 Å². The van der Waals surface area contributed by atoms with Crippen molar-refractivity contribution in [1.82, 2.24) is 5.32 Å². The largest absolute Gasteiger partial charge is 0.490 e. The van der Waals surface area contributed by atoms with Crippen LogP contribution in [0.2, 0.25) is 5.02 Å². The first-order chi connectivity index (χ1) is 13.2. The van der Waals surface area contributed by atoms with Gasteiger partial charge in [-0.2, -0.15) is 0 Å². The molecule has 0 aliphatic rings. The number of hydrogen-bond acceptors (Lipinski definition) is 5. The van der Waals surface area contributed by atoms with Crippen LogP contribution in [0.5, 0.6) is 11.5 Å². The molecule has 1 amide bonds. The normalized spacial score (nSPS) is 12.1. The molecule has 0 aliphatic heterocycles. The van der Waals surface area contributed by atoms with Gasteiger partial charge in [-0.05, 0) is 43.3 Å². The number of halogens is 1. The summed E-state index contributed by atoms with van der Waals surface area (Å²) in [5.74, 6) is 0.725. The molecule has 0 aliphatic carbocycles. The number of ether oxygens (including phenoxy) is 2. The summed E-state index contributed by atoms with van der Waals surface area (Å²) in [6.45, 7) is 2.20. The minimum absolute atomic E-state index is 0.273. The smallest absolute Gasteiger partial charge is 0.260 e. The van der Waals surface area contributed by atoms with Crippen LogP contribution in [-0.4, -0.2) is 46.9 Å². The fourth-order valence-corrected chi connectivity index (χ4v) is 2.92. The van der Waals surface area contributed by atoms with Gasteiger partial charge in [0.15, 0.2) is 6.10 Å². The van der Waals surface area contributed by atoms with Crippen molar-refractivity contribution >= 4 is 33.2 Å². The number of para-hydroxylation sites is 1. The van der Waals surface area contributed by atoms with Crippen LogP contribution < -0.4 is 19.1 Å². The van der Waals surface area contributed by atoms with E-state index in [9.17, 15) is 13.2 Å². The number of rotatable bonds is 9. The highest BCUT2D eigenvalue weighted by atomic mass is 35.5. The van der Waals surface area contributed by atoms with Crippen LogP contribution in [0.25, 0.3) is 0 Å². The fourth-order valence-electron chi connectivity index (χ4n) is 2.22. The number of nitrogens with zero attached hydrogens (tertiary/aromatic N) is 1. The summed E-state index contributed by atoms with van der Waals surface area (Å²) in [6, 6.07) is 13.5. The monoisotopic (exact) mass is 426 g/mol. The van der Waals surface area contributed by atoms with Crippen molar-refractivity contribution in [3.63, 3.8) is 0 Å². The Balaban J connectivity index is 1.79. The third-order valence-corrected chi connectivity index (χ3v) is 5.39. The Morgan fingerprint density at radius 1 is 1.18 bits per heavy atom. The number of nitrogens with one attached hydrogen (secondary N) is 1. The van der Waals surface area contributed by atoms with Crippen molar-refractivity contribution in [2.24, 2.45) is 0 Å². The first-order valence-electron chi connectivity index (χ1n) is 8.54. The summed E-state index contributed by atoms with van der Waals surface area (Å²) < 4.78 is 35.3. The molecule has 0 bridgehead atoms. The van der Waals surface area contributed by atoms with Gasteiger partial charge < -0.3 is 14.8 Å². The number of anilines is 1. The molecule has 0 fully saturated rings. The lowest BCUT2D eigenvalue weighted by Gasteiger charge is -2.18. The van der Waals surface area contributed by atoms with Crippen LogP contribution >= 0.6 is 11.6 Å². The molecule has 152 valence electrons. The summed E-state index contributed by atoms with van der Waals surface area (Å²) >= 11 is 5.99. The van der Waals surface area contributed by atoms with Crippen LogP contribution in [0.1, 0.15) is 6.92 Å². The minimum Gasteiger partial charge on any atom is -0.490 e. The standard InChI is InChI=1S/C19H23ClN2O5S/c1-14(19(23)21-12-13-26-18-7-5-4-6-17(18)20)27-16-10-8-15(9-11-16)22(2)28(3,24)25/h4-11,14H,12-13H2,1-3H3,(H,21,23)/t14-/m0/s1. The van der Waals surface area contributed by atoms with Crippen LogP contribution in [0, 0.1) is 0 Å². The predicted molar refractivity (Wildman–Crippen MR) is 110 cm³/mol. The first-order valence-corrected chi connectivity index (χ1v) is 10.8. The molecule has 0 radical (unpaired) electrons. The maximum atomic E-state index is 12.1. The molecule has 1 atom stereocenters.